The Kier molecular flexibility index (Phi) is 1.60. The second-order valence-electron chi connectivity index (χ2n) is 3.03. The average molecular weight is 156 g/mol. The molecule has 1 fully saturated rings. The summed E-state index contributed by atoms with van der Waals surface area (Å²) in [5.41, 5.74) is 5.64. The SMILES string of the molecule is NC1=NC2CCCC(C2)S1. The molecule has 0 spiro atoms. The van der Waals surface area contributed by atoms with Gasteiger partial charge in [-0.3, -0.25) is 4.99 Å². The highest BCUT2D eigenvalue weighted by Gasteiger charge is 2.26. The summed E-state index contributed by atoms with van der Waals surface area (Å²) in [6, 6.07) is 0.569. The second-order valence-corrected chi connectivity index (χ2v) is 4.35. The highest BCUT2D eigenvalue weighted by Crippen LogP contribution is 2.34. The molecular formula is C7H12N2S. The Hall–Kier alpha value is -0.180. The number of fused-ring (bicyclic) bond motifs is 2. The largest absolute Gasteiger partial charge is 0.379 e. The molecule has 0 saturated heterocycles. The predicted octanol–water partition coefficient (Wildman–Crippen LogP) is 1.36. The quantitative estimate of drug-likeness (QED) is 0.575. The number of hydrogen-bond acceptors (Lipinski definition) is 3. The van der Waals surface area contributed by atoms with Crippen molar-refractivity contribution in [2.45, 2.75) is 37.0 Å². The van der Waals surface area contributed by atoms with Gasteiger partial charge < -0.3 is 5.73 Å². The second kappa shape index (κ2) is 2.46. The van der Waals surface area contributed by atoms with Crippen molar-refractivity contribution in [3.8, 4) is 0 Å². The van der Waals surface area contributed by atoms with Crippen LogP contribution in [0.3, 0.4) is 0 Å². The molecular weight excluding hydrogens is 144 g/mol. The van der Waals surface area contributed by atoms with Crippen LogP contribution >= 0.6 is 11.8 Å². The molecule has 2 nitrogen and oxygen atoms in total. The highest BCUT2D eigenvalue weighted by molar-refractivity contribution is 8.14. The van der Waals surface area contributed by atoms with E-state index in [1.807, 2.05) is 0 Å². The molecule has 0 radical (unpaired) electrons. The number of thioether (sulfide) groups is 1. The molecule has 56 valence electrons. The third kappa shape index (κ3) is 1.15. The summed E-state index contributed by atoms with van der Waals surface area (Å²) in [5, 5.41) is 1.61. The van der Waals surface area contributed by atoms with E-state index < -0.39 is 0 Å². The van der Waals surface area contributed by atoms with Crippen LogP contribution in [0.25, 0.3) is 0 Å². The average Bonchev–Trinajstić information content (AvgIpc) is 1.85. The fourth-order valence-electron chi connectivity index (χ4n) is 1.73. The van der Waals surface area contributed by atoms with Crippen LogP contribution in [0.4, 0.5) is 0 Å². The first-order chi connectivity index (χ1) is 4.84. The zero-order valence-corrected chi connectivity index (χ0v) is 6.73. The minimum atomic E-state index is 0.569. The molecule has 1 heterocycles. The van der Waals surface area contributed by atoms with E-state index in [2.05, 4.69) is 4.99 Å². The Morgan fingerprint density at radius 3 is 3.20 bits per heavy atom. The van der Waals surface area contributed by atoms with Gasteiger partial charge in [0.2, 0.25) is 0 Å². The van der Waals surface area contributed by atoms with Gasteiger partial charge in [-0.25, -0.2) is 0 Å². The molecule has 2 unspecified atom stereocenters. The summed E-state index contributed by atoms with van der Waals surface area (Å²) in [5.74, 6) is 0. The standard InChI is InChI=1S/C7H12N2S/c8-7-9-5-2-1-3-6(4-5)10-7/h5-6H,1-4H2,(H2,8,9). The van der Waals surface area contributed by atoms with Crippen LogP contribution in [-0.4, -0.2) is 16.5 Å². The van der Waals surface area contributed by atoms with Crippen LogP contribution in [-0.2, 0) is 0 Å². The fourth-order valence-corrected chi connectivity index (χ4v) is 2.88. The van der Waals surface area contributed by atoms with Gasteiger partial charge in [0.05, 0.1) is 6.04 Å². The van der Waals surface area contributed by atoms with Gasteiger partial charge >= 0.3 is 0 Å². The summed E-state index contributed by atoms with van der Waals surface area (Å²) in [6.07, 6.45) is 5.22. The normalized spacial score (nSPS) is 39.0. The molecule has 0 amide bonds. The number of nitrogens with zero attached hydrogens (tertiary/aromatic N) is 1. The summed E-state index contributed by atoms with van der Waals surface area (Å²) < 4.78 is 0. The van der Waals surface area contributed by atoms with E-state index in [4.69, 9.17) is 5.73 Å². The first kappa shape index (κ1) is 6.53. The molecule has 2 bridgehead atoms. The van der Waals surface area contributed by atoms with Gasteiger partial charge in [0.1, 0.15) is 0 Å². The van der Waals surface area contributed by atoms with E-state index in [0.717, 1.165) is 10.4 Å². The van der Waals surface area contributed by atoms with Gasteiger partial charge in [0.15, 0.2) is 5.17 Å². The van der Waals surface area contributed by atoms with E-state index >= 15 is 0 Å². The van der Waals surface area contributed by atoms with Crippen LogP contribution in [0.2, 0.25) is 0 Å². The van der Waals surface area contributed by atoms with E-state index in [1.54, 1.807) is 11.8 Å². The van der Waals surface area contributed by atoms with Crippen LogP contribution < -0.4 is 5.73 Å². The van der Waals surface area contributed by atoms with Crippen molar-refractivity contribution < 1.29 is 0 Å². The maximum Gasteiger partial charge on any atom is 0.154 e. The number of hydrogen-bond donors (Lipinski definition) is 1. The summed E-state index contributed by atoms with van der Waals surface area (Å²) >= 11 is 1.77. The summed E-state index contributed by atoms with van der Waals surface area (Å²) in [4.78, 5) is 4.36. The molecule has 0 aromatic rings. The molecule has 3 heteroatoms. The van der Waals surface area contributed by atoms with E-state index in [-0.39, 0.29) is 0 Å². The van der Waals surface area contributed by atoms with Gasteiger partial charge in [-0.1, -0.05) is 18.2 Å². The van der Waals surface area contributed by atoms with Crippen molar-refractivity contribution in [3.05, 3.63) is 0 Å². The third-order valence-electron chi connectivity index (χ3n) is 2.20. The zero-order chi connectivity index (χ0) is 6.97. The molecule has 0 aromatic heterocycles. The monoisotopic (exact) mass is 156 g/mol. The van der Waals surface area contributed by atoms with Crippen molar-refractivity contribution in [2.75, 3.05) is 0 Å². The van der Waals surface area contributed by atoms with Gasteiger partial charge in [-0.05, 0) is 19.3 Å². The van der Waals surface area contributed by atoms with E-state index in [9.17, 15) is 0 Å². The number of nitrogens with two attached hydrogens (primary N) is 1. The summed E-state index contributed by atoms with van der Waals surface area (Å²) in [6.45, 7) is 0. The lowest BCUT2D eigenvalue weighted by Gasteiger charge is -2.30. The maximum atomic E-state index is 5.64. The van der Waals surface area contributed by atoms with E-state index in [0.29, 0.717) is 6.04 Å². The molecule has 2 rings (SSSR count). The Balaban J connectivity index is 2.14. The van der Waals surface area contributed by atoms with Crippen molar-refractivity contribution in [2.24, 2.45) is 10.7 Å². The number of amidine groups is 1. The van der Waals surface area contributed by atoms with Crippen LogP contribution in [0, 0.1) is 0 Å². The van der Waals surface area contributed by atoms with Gasteiger partial charge in [-0.15, -0.1) is 0 Å². The Morgan fingerprint density at radius 1 is 1.50 bits per heavy atom. The smallest absolute Gasteiger partial charge is 0.154 e. The highest BCUT2D eigenvalue weighted by atomic mass is 32.2. The van der Waals surface area contributed by atoms with Crippen LogP contribution in [0.15, 0.2) is 4.99 Å². The Bertz CT molecular complexity index is 167. The molecule has 2 aliphatic rings. The Labute approximate surface area is 65.3 Å². The lowest BCUT2D eigenvalue weighted by Crippen LogP contribution is -2.29. The predicted molar refractivity (Wildman–Crippen MR) is 45.3 cm³/mol. The lowest BCUT2D eigenvalue weighted by atomic mass is 9.95. The van der Waals surface area contributed by atoms with Crippen LogP contribution in [0.1, 0.15) is 25.7 Å². The number of rotatable bonds is 0. The third-order valence-corrected chi connectivity index (χ3v) is 3.30. The topological polar surface area (TPSA) is 38.4 Å². The first-order valence-electron chi connectivity index (χ1n) is 3.84. The van der Waals surface area contributed by atoms with E-state index in [1.165, 1.54) is 25.7 Å². The molecule has 1 saturated carbocycles. The zero-order valence-electron chi connectivity index (χ0n) is 5.92. The molecule has 1 aliphatic carbocycles. The van der Waals surface area contributed by atoms with Crippen molar-refractivity contribution >= 4 is 16.9 Å². The minimum absolute atomic E-state index is 0.569. The van der Waals surface area contributed by atoms with Crippen molar-refractivity contribution in [1.82, 2.24) is 0 Å². The molecule has 1 aliphatic heterocycles. The van der Waals surface area contributed by atoms with Gasteiger partial charge in [0.25, 0.3) is 0 Å². The lowest BCUT2D eigenvalue weighted by molar-refractivity contribution is 0.450. The van der Waals surface area contributed by atoms with Crippen LogP contribution in [0.5, 0.6) is 0 Å². The summed E-state index contributed by atoms with van der Waals surface area (Å²) in [7, 11) is 0. The molecule has 2 N–H and O–H groups in total. The fraction of sp³-hybridized carbons (Fsp3) is 0.857. The Morgan fingerprint density at radius 2 is 2.40 bits per heavy atom. The van der Waals surface area contributed by atoms with Crippen molar-refractivity contribution in [1.29, 1.82) is 0 Å². The van der Waals surface area contributed by atoms with Gasteiger partial charge in [-0.2, -0.15) is 0 Å². The van der Waals surface area contributed by atoms with Crippen molar-refractivity contribution in [3.63, 3.8) is 0 Å². The minimum Gasteiger partial charge on any atom is -0.379 e. The first-order valence-corrected chi connectivity index (χ1v) is 4.72. The van der Waals surface area contributed by atoms with Gasteiger partial charge in [0, 0.05) is 5.25 Å². The maximum absolute atomic E-state index is 5.64. The molecule has 0 aromatic carbocycles. The number of aliphatic imine (C=N–C) groups is 1. The molecule has 10 heavy (non-hydrogen) atoms. The molecule has 2 atom stereocenters.